The van der Waals surface area contributed by atoms with Crippen molar-refractivity contribution in [2.24, 2.45) is 0 Å². The van der Waals surface area contributed by atoms with Gasteiger partial charge in [0, 0.05) is 0 Å². The quantitative estimate of drug-likeness (QED) is 0.911. The highest BCUT2D eigenvalue weighted by Gasteiger charge is 2.11. The Bertz CT molecular complexity index is 616. The summed E-state index contributed by atoms with van der Waals surface area (Å²) < 4.78 is 23.2. The van der Waals surface area contributed by atoms with Gasteiger partial charge in [0.1, 0.15) is 0 Å². The topological polar surface area (TPSA) is 54.4 Å². The molecule has 2 aromatic carbocycles. The van der Waals surface area contributed by atoms with Gasteiger partial charge in [-0.1, -0.05) is 54.6 Å². The van der Waals surface area contributed by atoms with Crippen LogP contribution in [0.4, 0.5) is 0 Å². The first-order chi connectivity index (χ1) is 9.11. The highest BCUT2D eigenvalue weighted by molar-refractivity contribution is 7.90. The fraction of sp³-hybridized carbons (Fsp3) is 0.200. The number of hydrogen-bond acceptors (Lipinski definition) is 3. The van der Waals surface area contributed by atoms with Gasteiger partial charge in [0.25, 0.3) is 0 Å². The monoisotopic (exact) mass is 276 g/mol. The number of rotatable bonds is 5. The van der Waals surface area contributed by atoms with Crippen LogP contribution in [0.1, 0.15) is 5.56 Å². The van der Waals surface area contributed by atoms with E-state index in [1.807, 2.05) is 54.6 Å². The second-order valence-electron chi connectivity index (χ2n) is 4.38. The van der Waals surface area contributed by atoms with Crippen molar-refractivity contribution in [1.82, 2.24) is 0 Å². The Kier molecular flexibility index (Phi) is 4.35. The standard InChI is InChI=1S/C15H16O3S/c16-10-11-19(17,18)12-13-6-8-15(9-7-13)14-4-2-1-3-5-14/h1-9,16H,10-12H2. The molecule has 0 unspecified atom stereocenters. The van der Waals surface area contributed by atoms with E-state index in [4.69, 9.17) is 5.11 Å². The molecular weight excluding hydrogens is 260 g/mol. The summed E-state index contributed by atoms with van der Waals surface area (Å²) in [5.74, 6) is -0.212. The average molecular weight is 276 g/mol. The molecule has 0 aromatic heterocycles. The van der Waals surface area contributed by atoms with Crippen LogP contribution in [-0.4, -0.2) is 25.9 Å². The molecule has 0 saturated carbocycles. The van der Waals surface area contributed by atoms with E-state index >= 15 is 0 Å². The summed E-state index contributed by atoms with van der Waals surface area (Å²) in [6, 6.07) is 17.4. The minimum atomic E-state index is -3.21. The minimum Gasteiger partial charge on any atom is -0.395 e. The summed E-state index contributed by atoms with van der Waals surface area (Å²) in [6.45, 7) is -0.329. The molecule has 1 N–H and O–H groups in total. The van der Waals surface area contributed by atoms with Gasteiger partial charge in [-0.15, -0.1) is 0 Å². The van der Waals surface area contributed by atoms with E-state index < -0.39 is 9.84 Å². The molecule has 0 radical (unpaired) electrons. The lowest BCUT2D eigenvalue weighted by Crippen LogP contribution is -2.12. The van der Waals surface area contributed by atoms with Gasteiger partial charge in [0.2, 0.25) is 0 Å². The zero-order valence-electron chi connectivity index (χ0n) is 10.5. The van der Waals surface area contributed by atoms with Crippen LogP contribution in [0.15, 0.2) is 54.6 Å². The predicted octanol–water partition coefficient (Wildman–Crippen LogP) is 2.26. The van der Waals surface area contributed by atoms with Crippen LogP contribution in [0.25, 0.3) is 11.1 Å². The van der Waals surface area contributed by atoms with Crippen molar-refractivity contribution in [2.45, 2.75) is 5.75 Å². The molecule has 19 heavy (non-hydrogen) atoms. The van der Waals surface area contributed by atoms with Gasteiger partial charge in [0.15, 0.2) is 9.84 Å². The van der Waals surface area contributed by atoms with Crippen molar-refractivity contribution in [3.8, 4) is 11.1 Å². The molecule has 3 nitrogen and oxygen atoms in total. The third-order valence-corrected chi connectivity index (χ3v) is 4.43. The zero-order chi connectivity index (χ0) is 13.7. The Morgan fingerprint density at radius 3 is 2.00 bits per heavy atom. The predicted molar refractivity (Wildman–Crippen MR) is 76.5 cm³/mol. The first-order valence-corrected chi connectivity index (χ1v) is 7.88. The third-order valence-electron chi connectivity index (χ3n) is 2.85. The van der Waals surface area contributed by atoms with Crippen LogP contribution in [0.3, 0.4) is 0 Å². The van der Waals surface area contributed by atoms with E-state index in [2.05, 4.69) is 0 Å². The fourth-order valence-corrected chi connectivity index (χ4v) is 3.01. The van der Waals surface area contributed by atoms with Crippen LogP contribution >= 0.6 is 0 Å². The molecule has 100 valence electrons. The molecule has 2 rings (SSSR count). The second kappa shape index (κ2) is 5.99. The van der Waals surface area contributed by atoms with Gasteiger partial charge < -0.3 is 5.11 Å². The summed E-state index contributed by atoms with van der Waals surface area (Å²) in [7, 11) is -3.21. The summed E-state index contributed by atoms with van der Waals surface area (Å²) in [5, 5.41) is 8.69. The maximum atomic E-state index is 11.6. The van der Waals surface area contributed by atoms with E-state index in [0.29, 0.717) is 0 Å². The minimum absolute atomic E-state index is 0.0252. The number of hydrogen-bond donors (Lipinski definition) is 1. The lowest BCUT2D eigenvalue weighted by Gasteiger charge is -2.05. The largest absolute Gasteiger partial charge is 0.395 e. The Labute approximate surface area is 113 Å². The molecule has 0 amide bonds. The Morgan fingerprint density at radius 1 is 0.842 bits per heavy atom. The van der Waals surface area contributed by atoms with E-state index in [1.165, 1.54) is 0 Å². The number of aliphatic hydroxyl groups excluding tert-OH is 1. The SMILES string of the molecule is O=S(=O)(CCO)Cc1ccc(-c2ccccc2)cc1. The van der Waals surface area contributed by atoms with Gasteiger partial charge in [-0.25, -0.2) is 8.42 Å². The number of benzene rings is 2. The molecule has 2 aromatic rings. The highest BCUT2D eigenvalue weighted by Crippen LogP contribution is 2.20. The molecule has 0 heterocycles. The Balaban J connectivity index is 2.16. The molecule has 0 aliphatic carbocycles. The van der Waals surface area contributed by atoms with Crippen molar-refractivity contribution in [3.05, 3.63) is 60.2 Å². The Morgan fingerprint density at radius 2 is 1.42 bits per heavy atom. The van der Waals surface area contributed by atoms with Crippen LogP contribution < -0.4 is 0 Å². The summed E-state index contributed by atoms with van der Waals surface area (Å²) >= 11 is 0. The second-order valence-corrected chi connectivity index (χ2v) is 6.56. The van der Waals surface area contributed by atoms with Crippen molar-refractivity contribution in [2.75, 3.05) is 12.4 Å². The third kappa shape index (κ3) is 3.91. The van der Waals surface area contributed by atoms with Crippen LogP contribution in [-0.2, 0) is 15.6 Å². The molecule has 0 spiro atoms. The van der Waals surface area contributed by atoms with Crippen LogP contribution in [0.2, 0.25) is 0 Å². The first-order valence-electron chi connectivity index (χ1n) is 6.06. The van der Waals surface area contributed by atoms with Gasteiger partial charge in [0.05, 0.1) is 18.1 Å². The molecule has 4 heteroatoms. The molecular formula is C15H16O3S. The average Bonchev–Trinajstić information content (AvgIpc) is 2.40. The molecule has 0 atom stereocenters. The molecule has 0 fully saturated rings. The van der Waals surface area contributed by atoms with E-state index in [0.717, 1.165) is 16.7 Å². The number of sulfone groups is 1. The maximum Gasteiger partial charge on any atom is 0.156 e. The van der Waals surface area contributed by atoms with Gasteiger partial charge in [-0.3, -0.25) is 0 Å². The highest BCUT2D eigenvalue weighted by atomic mass is 32.2. The van der Waals surface area contributed by atoms with Crippen molar-refractivity contribution in [3.63, 3.8) is 0 Å². The van der Waals surface area contributed by atoms with Gasteiger partial charge in [-0.2, -0.15) is 0 Å². The molecule has 0 bridgehead atoms. The zero-order valence-corrected chi connectivity index (χ0v) is 11.3. The summed E-state index contributed by atoms with van der Waals surface area (Å²) in [4.78, 5) is 0. The fourth-order valence-electron chi connectivity index (χ4n) is 1.89. The number of aliphatic hydroxyl groups is 1. The normalized spacial score (nSPS) is 11.4. The van der Waals surface area contributed by atoms with Crippen molar-refractivity contribution in [1.29, 1.82) is 0 Å². The van der Waals surface area contributed by atoms with Crippen LogP contribution in [0, 0.1) is 0 Å². The van der Waals surface area contributed by atoms with E-state index in [9.17, 15) is 8.42 Å². The van der Waals surface area contributed by atoms with Gasteiger partial charge >= 0.3 is 0 Å². The van der Waals surface area contributed by atoms with Crippen molar-refractivity contribution < 1.29 is 13.5 Å². The van der Waals surface area contributed by atoms with Crippen LogP contribution in [0.5, 0.6) is 0 Å². The lowest BCUT2D eigenvalue weighted by molar-refractivity contribution is 0.319. The van der Waals surface area contributed by atoms with Gasteiger partial charge in [-0.05, 0) is 16.7 Å². The lowest BCUT2D eigenvalue weighted by atomic mass is 10.0. The molecule has 0 aliphatic heterocycles. The van der Waals surface area contributed by atoms with E-state index in [1.54, 1.807) is 0 Å². The summed E-state index contributed by atoms with van der Waals surface area (Å²) in [6.07, 6.45) is 0. The smallest absolute Gasteiger partial charge is 0.156 e. The Hall–Kier alpha value is -1.65. The maximum absolute atomic E-state index is 11.6. The van der Waals surface area contributed by atoms with E-state index in [-0.39, 0.29) is 18.1 Å². The molecule has 0 saturated heterocycles. The summed E-state index contributed by atoms with van der Waals surface area (Å²) in [5.41, 5.74) is 2.91. The first kappa shape index (κ1) is 13.8. The molecule has 0 aliphatic rings. The van der Waals surface area contributed by atoms with Crippen molar-refractivity contribution >= 4 is 9.84 Å².